The van der Waals surface area contributed by atoms with Gasteiger partial charge in [0.25, 0.3) is 0 Å². The smallest absolute Gasteiger partial charge is 0.246 e. The molecule has 0 saturated carbocycles. The maximum absolute atomic E-state index is 12.5. The summed E-state index contributed by atoms with van der Waals surface area (Å²) in [6.07, 6.45) is 4.25. The molecule has 1 N–H and O–H groups in total. The molecule has 0 radical (unpaired) electrons. The molecule has 0 aliphatic carbocycles. The lowest BCUT2D eigenvalue weighted by Crippen LogP contribution is -2.41. The highest BCUT2D eigenvalue weighted by Crippen LogP contribution is 2.20. The van der Waals surface area contributed by atoms with Crippen LogP contribution >= 0.6 is 0 Å². The van der Waals surface area contributed by atoms with E-state index in [1.807, 2.05) is 13.8 Å². The summed E-state index contributed by atoms with van der Waals surface area (Å²) in [5.74, 6) is 0. The van der Waals surface area contributed by atoms with Crippen molar-refractivity contribution in [2.24, 2.45) is 7.05 Å². The fourth-order valence-electron chi connectivity index (χ4n) is 1.96. The molecule has 0 aliphatic heterocycles. The summed E-state index contributed by atoms with van der Waals surface area (Å²) in [6, 6.07) is -0.0950. The maximum Gasteiger partial charge on any atom is 0.246 e. The van der Waals surface area contributed by atoms with Gasteiger partial charge < -0.3 is 5.11 Å². The highest BCUT2D eigenvalue weighted by atomic mass is 32.2. The number of sulfonamides is 1. The Hall–Kier alpha value is -0.920. The Kier molecular flexibility index (Phi) is 5.30. The molecule has 0 aromatic carbocycles. The Morgan fingerprint density at radius 2 is 2.06 bits per heavy atom. The monoisotopic (exact) mass is 275 g/mol. The van der Waals surface area contributed by atoms with Gasteiger partial charge in [0.15, 0.2) is 0 Å². The summed E-state index contributed by atoms with van der Waals surface area (Å²) >= 11 is 0. The second kappa shape index (κ2) is 6.31. The van der Waals surface area contributed by atoms with Crippen LogP contribution in [0.4, 0.5) is 0 Å². The molecule has 0 amide bonds. The molecular weight excluding hydrogens is 254 g/mol. The number of aliphatic hydroxyl groups is 1. The van der Waals surface area contributed by atoms with Crippen molar-refractivity contribution in [3.63, 3.8) is 0 Å². The molecule has 1 aromatic rings. The third-order valence-corrected chi connectivity index (χ3v) is 4.86. The van der Waals surface area contributed by atoms with Crippen LogP contribution in [0.5, 0.6) is 0 Å². The predicted molar refractivity (Wildman–Crippen MR) is 68.6 cm³/mol. The van der Waals surface area contributed by atoms with E-state index < -0.39 is 10.0 Å². The largest absolute Gasteiger partial charge is 0.395 e. The lowest BCUT2D eigenvalue weighted by Gasteiger charge is -2.28. The van der Waals surface area contributed by atoms with Gasteiger partial charge >= 0.3 is 0 Å². The summed E-state index contributed by atoms with van der Waals surface area (Å²) in [6.45, 7) is 3.81. The van der Waals surface area contributed by atoms with Crippen LogP contribution in [0.15, 0.2) is 17.3 Å². The summed E-state index contributed by atoms with van der Waals surface area (Å²) < 4.78 is 27.7. The third kappa shape index (κ3) is 3.09. The van der Waals surface area contributed by atoms with Crippen LogP contribution in [-0.2, 0) is 17.1 Å². The van der Waals surface area contributed by atoms with Gasteiger partial charge in [0.2, 0.25) is 10.0 Å². The molecule has 0 aliphatic rings. The van der Waals surface area contributed by atoms with E-state index in [-0.39, 0.29) is 24.1 Å². The van der Waals surface area contributed by atoms with Crippen molar-refractivity contribution in [3.05, 3.63) is 12.4 Å². The Labute approximate surface area is 108 Å². The fraction of sp³-hybridized carbons (Fsp3) is 0.727. The predicted octanol–water partition coefficient (Wildman–Crippen LogP) is 0.592. The number of hydrogen-bond acceptors (Lipinski definition) is 4. The average molecular weight is 275 g/mol. The molecule has 0 saturated heterocycles. The topological polar surface area (TPSA) is 75.4 Å². The van der Waals surface area contributed by atoms with Crippen molar-refractivity contribution in [2.75, 3.05) is 13.2 Å². The number of aryl methyl sites for hydroxylation is 1. The van der Waals surface area contributed by atoms with E-state index in [9.17, 15) is 8.42 Å². The lowest BCUT2D eigenvalue weighted by atomic mass is 10.2. The molecule has 104 valence electrons. The van der Waals surface area contributed by atoms with Gasteiger partial charge in [-0.3, -0.25) is 4.68 Å². The molecule has 1 heterocycles. The molecule has 18 heavy (non-hydrogen) atoms. The van der Waals surface area contributed by atoms with Crippen LogP contribution in [0.2, 0.25) is 0 Å². The third-order valence-electron chi connectivity index (χ3n) is 2.96. The molecule has 0 spiro atoms. The number of hydrogen-bond donors (Lipinski definition) is 1. The molecule has 7 heteroatoms. The molecule has 0 unspecified atom stereocenters. The van der Waals surface area contributed by atoms with Crippen LogP contribution in [0.1, 0.15) is 26.7 Å². The minimum atomic E-state index is -3.58. The van der Waals surface area contributed by atoms with Crippen molar-refractivity contribution in [2.45, 2.75) is 37.6 Å². The molecule has 0 atom stereocenters. The number of nitrogens with zero attached hydrogens (tertiary/aromatic N) is 3. The highest BCUT2D eigenvalue weighted by molar-refractivity contribution is 7.89. The maximum atomic E-state index is 12.5. The zero-order valence-corrected chi connectivity index (χ0v) is 11.9. The van der Waals surface area contributed by atoms with Crippen molar-refractivity contribution < 1.29 is 13.5 Å². The Morgan fingerprint density at radius 3 is 2.44 bits per heavy atom. The van der Waals surface area contributed by atoms with E-state index in [1.54, 1.807) is 7.05 Å². The average Bonchev–Trinajstić information content (AvgIpc) is 2.77. The van der Waals surface area contributed by atoms with Crippen molar-refractivity contribution in [1.82, 2.24) is 14.1 Å². The minimum Gasteiger partial charge on any atom is -0.395 e. The highest BCUT2D eigenvalue weighted by Gasteiger charge is 2.30. The molecule has 0 bridgehead atoms. The van der Waals surface area contributed by atoms with Crippen LogP contribution in [0.3, 0.4) is 0 Å². The van der Waals surface area contributed by atoms with Crippen LogP contribution in [0, 0.1) is 0 Å². The van der Waals surface area contributed by atoms with Gasteiger partial charge in [0.1, 0.15) is 4.90 Å². The van der Waals surface area contributed by atoms with E-state index >= 15 is 0 Å². The van der Waals surface area contributed by atoms with Gasteiger partial charge in [-0.05, 0) is 12.8 Å². The Morgan fingerprint density at radius 1 is 1.44 bits per heavy atom. The molecule has 1 aromatic heterocycles. The van der Waals surface area contributed by atoms with Crippen molar-refractivity contribution in [3.8, 4) is 0 Å². The van der Waals surface area contributed by atoms with Gasteiger partial charge in [-0.2, -0.15) is 9.40 Å². The zero-order chi connectivity index (χ0) is 13.8. The van der Waals surface area contributed by atoms with Gasteiger partial charge in [-0.25, -0.2) is 8.42 Å². The standard InChI is InChI=1S/C11H21N3O3S/c1-4-10(5-2)14(6-7-15)18(16,17)11-8-12-13(3)9-11/h8-10,15H,4-7H2,1-3H3. The first-order valence-corrected chi connectivity index (χ1v) is 7.52. The SMILES string of the molecule is CCC(CC)N(CCO)S(=O)(=O)c1cnn(C)c1. The normalized spacial score (nSPS) is 12.6. The first kappa shape index (κ1) is 15.1. The fourth-order valence-corrected chi connectivity index (χ4v) is 3.71. The molecular formula is C11H21N3O3S. The van der Waals surface area contributed by atoms with Crippen molar-refractivity contribution in [1.29, 1.82) is 0 Å². The van der Waals surface area contributed by atoms with Gasteiger partial charge in [0.05, 0.1) is 12.8 Å². The Bertz CT molecular complexity index is 466. The van der Waals surface area contributed by atoms with Gasteiger partial charge in [-0.15, -0.1) is 0 Å². The summed E-state index contributed by atoms with van der Waals surface area (Å²) in [5.41, 5.74) is 0. The van der Waals surface area contributed by atoms with Crippen LogP contribution in [0.25, 0.3) is 0 Å². The molecule has 6 nitrogen and oxygen atoms in total. The first-order chi connectivity index (χ1) is 8.47. The van der Waals surface area contributed by atoms with Crippen LogP contribution in [-0.4, -0.2) is 46.8 Å². The minimum absolute atomic E-state index is 0.0950. The summed E-state index contributed by atoms with van der Waals surface area (Å²) in [4.78, 5) is 0.172. The van der Waals surface area contributed by atoms with E-state index in [1.165, 1.54) is 21.4 Å². The van der Waals surface area contributed by atoms with Crippen molar-refractivity contribution >= 4 is 10.0 Å². The second-order valence-electron chi connectivity index (χ2n) is 4.16. The molecule has 1 rings (SSSR count). The van der Waals surface area contributed by atoms with Crippen LogP contribution < -0.4 is 0 Å². The summed E-state index contributed by atoms with van der Waals surface area (Å²) in [7, 11) is -1.90. The first-order valence-electron chi connectivity index (χ1n) is 6.08. The number of aromatic nitrogens is 2. The summed E-state index contributed by atoms with van der Waals surface area (Å²) in [5, 5.41) is 12.9. The van der Waals surface area contributed by atoms with E-state index in [0.717, 1.165) is 12.8 Å². The number of aliphatic hydroxyl groups excluding tert-OH is 1. The Balaban J connectivity index is 3.11. The van der Waals surface area contributed by atoms with E-state index in [0.29, 0.717) is 0 Å². The van der Waals surface area contributed by atoms with Gasteiger partial charge in [-0.1, -0.05) is 13.8 Å². The van der Waals surface area contributed by atoms with E-state index in [4.69, 9.17) is 5.11 Å². The second-order valence-corrected chi connectivity index (χ2v) is 6.05. The number of rotatable bonds is 7. The van der Waals surface area contributed by atoms with E-state index in [2.05, 4.69) is 5.10 Å². The van der Waals surface area contributed by atoms with Gasteiger partial charge in [0, 0.05) is 25.8 Å². The quantitative estimate of drug-likeness (QED) is 0.790. The molecule has 0 fully saturated rings. The zero-order valence-electron chi connectivity index (χ0n) is 11.1. The lowest BCUT2D eigenvalue weighted by molar-refractivity contribution is 0.219.